The molecule has 2 N–H and O–H groups in total. The molecule has 0 spiro atoms. The van der Waals surface area contributed by atoms with E-state index in [1.165, 1.54) is 6.26 Å². The van der Waals surface area contributed by atoms with Gasteiger partial charge in [0.25, 0.3) is 0 Å². The monoisotopic (exact) mass is 209 g/mol. The van der Waals surface area contributed by atoms with Crippen LogP contribution in [0.1, 0.15) is 44.2 Å². The van der Waals surface area contributed by atoms with E-state index in [0.29, 0.717) is 12.2 Å². The van der Waals surface area contributed by atoms with Crippen LogP contribution in [0.3, 0.4) is 0 Å². The maximum absolute atomic E-state index is 11.6. The van der Waals surface area contributed by atoms with Gasteiger partial charge < -0.3 is 10.2 Å². The molecule has 0 saturated carbocycles. The Morgan fingerprint density at radius 3 is 2.67 bits per heavy atom. The van der Waals surface area contributed by atoms with E-state index < -0.39 is 0 Å². The van der Waals surface area contributed by atoms with Crippen molar-refractivity contribution in [3.05, 3.63) is 24.2 Å². The minimum atomic E-state index is -0.0948. The van der Waals surface area contributed by atoms with Crippen molar-refractivity contribution in [2.24, 2.45) is 11.1 Å². The first-order chi connectivity index (χ1) is 6.88. The fourth-order valence-electron chi connectivity index (χ4n) is 1.63. The zero-order valence-corrected chi connectivity index (χ0v) is 9.62. The molecule has 0 saturated heterocycles. The molecule has 1 unspecified atom stereocenters. The van der Waals surface area contributed by atoms with Crippen LogP contribution in [-0.2, 0) is 0 Å². The predicted octanol–water partition coefficient (Wildman–Crippen LogP) is 2.62. The zero-order chi connectivity index (χ0) is 11.5. The lowest BCUT2D eigenvalue weighted by Crippen LogP contribution is -2.28. The first-order valence-electron chi connectivity index (χ1n) is 5.21. The summed E-state index contributed by atoms with van der Waals surface area (Å²) >= 11 is 0. The third-order valence-corrected chi connectivity index (χ3v) is 2.12. The van der Waals surface area contributed by atoms with Gasteiger partial charge in [0.15, 0.2) is 11.5 Å². The number of Topliss-reactive ketones (excluding diaryl/α,β-unsaturated/α-hetero) is 1. The Morgan fingerprint density at radius 2 is 2.20 bits per heavy atom. The van der Waals surface area contributed by atoms with Crippen molar-refractivity contribution in [1.82, 2.24) is 0 Å². The molecule has 1 rings (SSSR count). The van der Waals surface area contributed by atoms with E-state index in [-0.39, 0.29) is 17.2 Å². The van der Waals surface area contributed by atoms with E-state index in [2.05, 4.69) is 20.8 Å². The number of furan rings is 1. The van der Waals surface area contributed by atoms with E-state index in [1.807, 2.05) is 0 Å². The van der Waals surface area contributed by atoms with Gasteiger partial charge >= 0.3 is 0 Å². The van der Waals surface area contributed by atoms with Gasteiger partial charge in [-0.25, -0.2) is 0 Å². The lowest BCUT2D eigenvalue weighted by molar-refractivity contribution is 0.0941. The van der Waals surface area contributed by atoms with Crippen LogP contribution in [0.5, 0.6) is 0 Å². The van der Waals surface area contributed by atoms with Crippen molar-refractivity contribution in [3.8, 4) is 0 Å². The summed E-state index contributed by atoms with van der Waals surface area (Å²) in [6.07, 6.45) is 2.69. The Bertz CT molecular complexity index is 309. The van der Waals surface area contributed by atoms with Crippen LogP contribution in [0.15, 0.2) is 22.8 Å². The van der Waals surface area contributed by atoms with Crippen LogP contribution in [0.2, 0.25) is 0 Å². The van der Waals surface area contributed by atoms with Crippen LogP contribution >= 0.6 is 0 Å². The average molecular weight is 209 g/mol. The van der Waals surface area contributed by atoms with Crippen molar-refractivity contribution in [2.75, 3.05) is 0 Å². The highest BCUT2D eigenvalue weighted by atomic mass is 16.3. The number of carbonyl (C=O) groups excluding carboxylic acids is 1. The third kappa shape index (κ3) is 4.30. The van der Waals surface area contributed by atoms with Gasteiger partial charge in [-0.05, 0) is 24.0 Å². The van der Waals surface area contributed by atoms with Gasteiger partial charge in [0.2, 0.25) is 0 Å². The number of carbonyl (C=O) groups is 1. The summed E-state index contributed by atoms with van der Waals surface area (Å²) in [6.45, 7) is 6.35. The van der Waals surface area contributed by atoms with Crippen molar-refractivity contribution < 1.29 is 9.21 Å². The molecule has 1 heterocycles. The van der Waals surface area contributed by atoms with Gasteiger partial charge in [-0.15, -0.1) is 0 Å². The normalized spacial score (nSPS) is 13.9. The first-order valence-corrected chi connectivity index (χ1v) is 5.21. The molecular formula is C12H19NO2. The molecule has 0 radical (unpaired) electrons. The van der Waals surface area contributed by atoms with Crippen molar-refractivity contribution in [3.63, 3.8) is 0 Å². The van der Waals surface area contributed by atoms with Crippen molar-refractivity contribution in [2.45, 2.75) is 39.7 Å². The fourth-order valence-corrected chi connectivity index (χ4v) is 1.63. The van der Waals surface area contributed by atoms with Crippen LogP contribution in [0.25, 0.3) is 0 Å². The Labute approximate surface area is 90.6 Å². The zero-order valence-electron chi connectivity index (χ0n) is 9.62. The first kappa shape index (κ1) is 12.0. The summed E-state index contributed by atoms with van der Waals surface area (Å²) in [4.78, 5) is 11.6. The molecular weight excluding hydrogens is 190 g/mol. The van der Waals surface area contributed by atoms with E-state index in [9.17, 15) is 4.79 Å². The van der Waals surface area contributed by atoms with E-state index in [4.69, 9.17) is 10.2 Å². The fraction of sp³-hybridized carbons (Fsp3) is 0.583. The number of hydrogen-bond acceptors (Lipinski definition) is 3. The van der Waals surface area contributed by atoms with Crippen molar-refractivity contribution in [1.29, 1.82) is 0 Å². The maximum atomic E-state index is 11.6. The summed E-state index contributed by atoms with van der Waals surface area (Å²) in [5.41, 5.74) is 6.06. The molecule has 1 atom stereocenters. The number of ketones is 1. The molecule has 1 aromatic heterocycles. The minimum absolute atomic E-state index is 0.0169. The number of nitrogens with two attached hydrogens (primary N) is 1. The largest absolute Gasteiger partial charge is 0.461 e. The average Bonchev–Trinajstić information content (AvgIpc) is 2.50. The van der Waals surface area contributed by atoms with E-state index in [0.717, 1.165) is 6.42 Å². The van der Waals surface area contributed by atoms with Gasteiger partial charge in [0.05, 0.1) is 6.26 Å². The Balaban J connectivity index is 2.45. The highest BCUT2D eigenvalue weighted by molar-refractivity contribution is 5.93. The Morgan fingerprint density at radius 1 is 1.53 bits per heavy atom. The molecule has 3 nitrogen and oxygen atoms in total. The molecule has 0 aliphatic heterocycles. The molecule has 0 amide bonds. The molecule has 0 bridgehead atoms. The smallest absolute Gasteiger partial charge is 0.199 e. The molecule has 15 heavy (non-hydrogen) atoms. The van der Waals surface area contributed by atoms with Gasteiger partial charge in [0, 0.05) is 12.5 Å². The quantitative estimate of drug-likeness (QED) is 0.775. The molecule has 0 fully saturated rings. The van der Waals surface area contributed by atoms with Crippen molar-refractivity contribution >= 4 is 5.78 Å². The van der Waals surface area contributed by atoms with Gasteiger partial charge in [-0.2, -0.15) is 0 Å². The SMILES string of the molecule is CC(C)(C)CC(N)CC(=O)c1ccco1. The molecule has 3 heteroatoms. The lowest BCUT2D eigenvalue weighted by Gasteiger charge is -2.22. The van der Waals surface area contributed by atoms with Crippen LogP contribution in [0, 0.1) is 5.41 Å². The predicted molar refractivity (Wildman–Crippen MR) is 59.7 cm³/mol. The summed E-state index contributed by atoms with van der Waals surface area (Å²) in [7, 11) is 0. The van der Waals surface area contributed by atoms with Crippen LogP contribution < -0.4 is 5.73 Å². The Hall–Kier alpha value is -1.09. The maximum Gasteiger partial charge on any atom is 0.199 e. The lowest BCUT2D eigenvalue weighted by atomic mass is 9.86. The minimum Gasteiger partial charge on any atom is -0.461 e. The molecule has 1 aromatic rings. The van der Waals surface area contributed by atoms with E-state index >= 15 is 0 Å². The summed E-state index contributed by atoms with van der Waals surface area (Å²) < 4.78 is 5.02. The van der Waals surface area contributed by atoms with Crippen LogP contribution in [-0.4, -0.2) is 11.8 Å². The highest BCUT2D eigenvalue weighted by Crippen LogP contribution is 2.21. The second-order valence-electron chi connectivity index (χ2n) is 5.13. The van der Waals surface area contributed by atoms with Crippen LogP contribution in [0.4, 0.5) is 0 Å². The number of rotatable bonds is 4. The summed E-state index contributed by atoms with van der Waals surface area (Å²) in [5, 5.41) is 0. The second kappa shape index (κ2) is 4.62. The van der Waals surface area contributed by atoms with Gasteiger partial charge in [-0.1, -0.05) is 20.8 Å². The second-order valence-corrected chi connectivity index (χ2v) is 5.13. The summed E-state index contributed by atoms with van der Waals surface area (Å²) in [5.74, 6) is 0.385. The van der Waals surface area contributed by atoms with E-state index in [1.54, 1.807) is 12.1 Å². The Kier molecular flexibility index (Phi) is 3.69. The number of hydrogen-bond donors (Lipinski definition) is 1. The molecule has 0 aromatic carbocycles. The molecule has 0 aliphatic carbocycles. The molecule has 84 valence electrons. The molecule has 0 aliphatic rings. The van der Waals surface area contributed by atoms with Gasteiger partial charge in [0.1, 0.15) is 0 Å². The van der Waals surface area contributed by atoms with Gasteiger partial charge in [-0.3, -0.25) is 4.79 Å². The topological polar surface area (TPSA) is 56.2 Å². The highest BCUT2D eigenvalue weighted by Gasteiger charge is 2.19. The standard InChI is InChI=1S/C12H19NO2/c1-12(2,3)8-9(13)7-10(14)11-5-4-6-15-11/h4-6,9H,7-8,13H2,1-3H3. The third-order valence-electron chi connectivity index (χ3n) is 2.12. The summed E-state index contributed by atoms with van der Waals surface area (Å²) in [6, 6.07) is 3.29.